The van der Waals surface area contributed by atoms with Gasteiger partial charge in [0.05, 0.1) is 5.52 Å². The van der Waals surface area contributed by atoms with Crippen LogP contribution in [0, 0.1) is 13.8 Å². The zero-order chi connectivity index (χ0) is 20.1. The molecule has 0 atom stereocenters. The molecule has 2 aromatic carbocycles. The minimum Gasteiger partial charge on any atom is -0.423 e. The van der Waals surface area contributed by atoms with E-state index in [0.29, 0.717) is 27.3 Å². The molecule has 0 spiro atoms. The van der Waals surface area contributed by atoms with E-state index in [1.165, 1.54) is 17.8 Å². The van der Waals surface area contributed by atoms with Crippen molar-refractivity contribution in [2.24, 2.45) is 0 Å². The number of hydrogen-bond acceptors (Lipinski definition) is 6. The highest BCUT2D eigenvalue weighted by Gasteiger charge is 2.14. The first-order valence-corrected chi connectivity index (χ1v) is 10.3. The number of halogens is 1. The summed E-state index contributed by atoms with van der Waals surface area (Å²) in [7, 11) is 0. The van der Waals surface area contributed by atoms with Crippen LogP contribution in [0.25, 0.3) is 27.5 Å². The average molecular weight is 423 g/mol. The molecule has 29 heavy (non-hydrogen) atoms. The lowest BCUT2D eigenvalue weighted by atomic mass is 10.1. The lowest BCUT2D eigenvalue weighted by Crippen LogP contribution is -2.02. The minimum atomic E-state index is -0.386. The van der Waals surface area contributed by atoms with E-state index in [2.05, 4.69) is 10.1 Å². The Labute approximate surface area is 174 Å². The molecule has 0 aliphatic heterocycles. The molecule has 0 saturated heterocycles. The molecule has 3 heterocycles. The summed E-state index contributed by atoms with van der Waals surface area (Å²) in [5.41, 5.74) is 3.47. The second-order valence-corrected chi connectivity index (χ2v) is 8.13. The van der Waals surface area contributed by atoms with Gasteiger partial charge in [-0.3, -0.25) is 0 Å². The summed E-state index contributed by atoms with van der Waals surface area (Å²) in [4.78, 5) is 21.4. The molecule has 8 heteroatoms. The van der Waals surface area contributed by atoms with Gasteiger partial charge < -0.3 is 4.42 Å². The summed E-state index contributed by atoms with van der Waals surface area (Å²) in [5.74, 6) is 1.19. The van der Waals surface area contributed by atoms with E-state index in [1.54, 1.807) is 10.6 Å². The van der Waals surface area contributed by atoms with Gasteiger partial charge in [0.15, 0.2) is 10.8 Å². The van der Waals surface area contributed by atoms with E-state index >= 15 is 0 Å². The Balaban J connectivity index is 1.62. The molecule has 0 aliphatic carbocycles. The van der Waals surface area contributed by atoms with Gasteiger partial charge in [0.25, 0.3) is 0 Å². The summed E-state index contributed by atoms with van der Waals surface area (Å²) in [6, 6.07) is 13.0. The Morgan fingerprint density at radius 2 is 1.93 bits per heavy atom. The first kappa shape index (κ1) is 18.1. The summed E-state index contributed by atoms with van der Waals surface area (Å²) >= 11 is 7.79. The third-order valence-electron chi connectivity index (χ3n) is 4.72. The van der Waals surface area contributed by atoms with Crippen LogP contribution in [0.3, 0.4) is 0 Å². The molecule has 0 amide bonds. The molecular weight excluding hydrogens is 408 g/mol. The molecule has 0 bridgehead atoms. The number of rotatable bonds is 3. The van der Waals surface area contributed by atoms with Gasteiger partial charge in [-0.2, -0.15) is 4.52 Å². The van der Waals surface area contributed by atoms with Crippen molar-refractivity contribution in [3.8, 4) is 0 Å². The average Bonchev–Trinajstić information content (AvgIpc) is 3.09. The zero-order valence-electron chi connectivity index (χ0n) is 15.6. The highest BCUT2D eigenvalue weighted by Crippen LogP contribution is 2.30. The van der Waals surface area contributed by atoms with Gasteiger partial charge in [0.1, 0.15) is 11.4 Å². The summed E-state index contributed by atoms with van der Waals surface area (Å²) in [6.07, 6.45) is 0. The maximum atomic E-state index is 12.1. The molecule has 5 rings (SSSR count). The molecule has 6 nitrogen and oxygen atoms in total. The number of thioether (sulfide) groups is 1. The van der Waals surface area contributed by atoms with E-state index < -0.39 is 0 Å². The molecule has 0 radical (unpaired) electrons. The predicted octanol–water partition coefficient (Wildman–Crippen LogP) is 4.95. The van der Waals surface area contributed by atoms with Crippen LogP contribution in [0.15, 0.2) is 56.8 Å². The first-order valence-electron chi connectivity index (χ1n) is 8.97. The normalized spacial score (nSPS) is 11.7. The van der Waals surface area contributed by atoms with Crippen LogP contribution in [0.2, 0.25) is 5.02 Å². The van der Waals surface area contributed by atoms with Crippen molar-refractivity contribution in [3.05, 3.63) is 74.9 Å². The van der Waals surface area contributed by atoms with Crippen LogP contribution in [0.1, 0.15) is 17.0 Å². The highest BCUT2D eigenvalue weighted by atomic mass is 35.5. The van der Waals surface area contributed by atoms with E-state index in [1.807, 2.05) is 44.2 Å². The Morgan fingerprint density at radius 1 is 1.10 bits per heavy atom. The van der Waals surface area contributed by atoms with Crippen molar-refractivity contribution in [2.45, 2.75) is 24.8 Å². The van der Waals surface area contributed by atoms with Crippen LogP contribution < -0.4 is 5.63 Å². The van der Waals surface area contributed by atoms with Crippen LogP contribution in [0.5, 0.6) is 0 Å². The number of aryl methyl sites for hydroxylation is 2. The molecule has 0 N–H and O–H groups in total. The fraction of sp³-hybridized carbons (Fsp3) is 0.143. The monoisotopic (exact) mass is 422 g/mol. The molecule has 0 saturated carbocycles. The van der Waals surface area contributed by atoms with E-state index in [4.69, 9.17) is 21.0 Å². The maximum absolute atomic E-state index is 12.1. The lowest BCUT2D eigenvalue weighted by Gasteiger charge is -2.09. The standard InChI is InChI=1S/C21H15ClN4O2S/c1-11-7-18-15(9-16(11)22)13(8-19(27)28-18)10-29-21-24-17-6-4-3-5-14(17)20-23-12(2)25-26(20)21/h3-9H,10H2,1-2H3. The van der Waals surface area contributed by atoms with E-state index in [9.17, 15) is 4.79 Å². The van der Waals surface area contributed by atoms with Gasteiger partial charge in [-0.1, -0.05) is 35.5 Å². The largest absolute Gasteiger partial charge is 0.423 e. The first-order chi connectivity index (χ1) is 14.0. The molecule has 5 aromatic rings. The highest BCUT2D eigenvalue weighted by molar-refractivity contribution is 7.98. The van der Waals surface area contributed by atoms with Gasteiger partial charge >= 0.3 is 5.63 Å². The van der Waals surface area contributed by atoms with Crippen LogP contribution in [-0.4, -0.2) is 19.6 Å². The fourth-order valence-electron chi connectivity index (χ4n) is 3.34. The number of aromatic nitrogens is 4. The minimum absolute atomic E-state index is 0.386. The second-order valence-electron chi connectivity index (χ2n) is 6.78. The Hall–Kier alpha value is -2.90. The van der Waals surface area contributed by atoms with Crippen molar-refractivity contribution in [2.75, 3.05) is 0 Å². The van der Waals surface area contributed by atoms with Gasteiger partial charge in [-0.15, -0.1) is 5.10 Å². The van der Waals surface area contributed by atoms with Crippen LogP contribution in [-0.2, 0) is 5.75 Å². The van der Waals surface area contributed by atoms with Crippen molar-refractivity contribution >= 4 is 50.9 Å². The summed E-state index contributed by atoms with van der Waals surface area (Å²) in [5, 5.41) is 7.61. The number of para-hydroxylation sites is 1. The molecule has 0 fully saturated rings. The topological polar surface area (TPSA) is 73.3 Å². The molecule has 3 aromatic heterocycles. The van der Waals surface area contributed by atoms with Gasteiger partial charge in [-0.05, 0) is 49.2 Å². The Bertz CT molecular complexity index is 1480. The molecular formula is C21H15ClN4O2S. The van der Waals surface area contributed by atoms with Crippen molar-refractivity contribution < 1.29 is 4.42 Å². The summed E-state index contributed by atoms with van der Waals surface area (Å²) < 4.78 is 7.11. The fourth-order valence-corrected chi connectivity index (χ4v) is 4.44. The smallest absolute Gasteiger partial charge is 0.336 e. The number of hydrogen-bond donors (Lipinski definition) is 0. The SMILES string of the molecule is Cc1nc2c3ccccc3nc(SCc3cc(=O)oc4cc(C)c(Cl)cc34)n2n1. The van der Waals surface area contributed by atoms with Crippen molar-refractivity contribution in [3.63, 3.8) is 0 Å². The molecule has 144 valence electrons. The Morgan fingerprint density at radius 3 is 2.79 bits per heavy atom. The van der Waals surface area contributed by atoms with E-state index in [-0.39, 0.29) is 5.63 Å². The van der Waals surface area contributed by atoms with Crippen LogP contribution in [0.4, 0.5) is 0 Å². The van der Waals surface area contributed by atoms with Crippen LogP contribution >= 0.6 is 23.4 Å². The van der Waals surface area contributed by atoms with Gasteiger partial charge in [0, 0.05) is 27.6 Å². The van der Waals surface area contributed by atoms with Gasteiger partial charge in [-0.25, -0.2) is 14.8 Å². The molecule has 0 aliphatic rings. The Kier molecular flexibility index (Phi) is 4.29. The zero-order valence-corrected chi connectivity index (χ0v) is 17.2. The second kappa shape index (κ2) is 6.86. The molecule has 0 unspecified atom stereocenters. The number of nitrogens with zero attached hydrogens (tertiary/aromatic N) is 4. The number of benzene rings is 2. The predicted molar refractivity (Wildman–Crippen MR) is 115 cm³/mol. The van der Waals surface area contributed by atoms with E-state index in [0.717, 1.165) is 33.1 Å². The van der Waals surface area contributed by atoms with Crippen molar-refractivity contribution in [1.82, 2.24) is 19.6 Å². The summed E-state index contributed by atoms with van der Waals surface area (Å²) in [6.45, 7) is 3.74. The lowest BCUT2D eigenvalue weighted by molar-refractivity contribution is 0.559. The number of fused-ring (bicyclic) bond motifs is 4. The third kappa shape index (κ3) is 3.16. The third-order valence-corrected chi connectivity index (χ3v) is 6.11. The maximum Gasteiger partial charge on any atom is 0.336 e. The quantitative estimate of drug-likeness (QED) is 0.233. The van der Waals surface area contributed by atoms with Gasteiger partial charge in [0.2, 0.25) is 0 Å². The van der Waals surface area contributed by atoms with Crippen molar-refractivity contribution in [1.29, 1.82) is 0 Å².